The first-order valence-electron chi connectivity index (χ1n) is 7.24. The van der Waals surface area contributed by atoms with Gasteiger partial charge in [0.2, 0.25) is 5.82 Å². The first kappa shape index (κ1) is 16.2. The average molecular weight is 339 g/mol. The number of ketones is 1. The summed E-state index contributed by atoms with van der Waals surface area (Å²) in [5, 5.41) is 23.3. The number of nitro benzene ring substituents is 1. The summed E-state index contributed by atoms with van der Waals surface area (Å²) < 4.78 is 5.15. The third-order valence-electron chi connectivity index (χ3n) is 3.54. The molecule has 0 spiro atoms. The molecular formula is C16H13N5O4. The highest BCUT2D eigenvalue weighted by molar-refractivity contribution is 5.95. The van der Waals surface area contributed by atoms with Crippen LogP contribution in [0.1, 0.15) is 17.3 Å². The lowest BCUT2D eigenvalue weighted by Gasteiger charge is -2.03. The molecule has 0 aliphatic carbocycles. The second-order valence-electron chi connectivity index (χ2n) is 5.15. The highest BCUT2D eigenvalue weighted by atomic mass is 16.6. The molecule has 0 amide bonds. The smallest absolute Gasteiger partial charge is 0.297 e. The van der Waals surface area contributed by atoms with Gasteiger partial charge in [-0.25, -0.2) is 0 Å². The van der Waals surface area contributed by atoms with Crippen LogP contribution in [0.15, 0.2) is 42.5 Å². The molecule has 0 saturated carbocycles. The van der Waals surface area contributed by atoms with Crippen molar-refractivity contribution < 1.29 is 14.5 Å². The van der Waals surface area contributed by atoms with Crippen LogP contribution in [0.4, 0.5) is 5.69 Å². The topological polar surface area (TPSA) is 113 Å². The lowest BCUT2D eigenvalue weighted by Crippen LogP contribution is -2.05. The molecule has 0 aliphatic heterocycles. The van der Waals surface area contributed by atoms with Gasteiger partial charge in [-0.15, -0.1) is 15.0 Å². The molecule has 0 unspecified atom stereocenters. The second-order valence-corrected chi connectivity index (χ2v) is 5.15. The Labute approximate surface area is 142 Å². The predicted molar refractivity (Wildman–Crippen MR) is 87.8 cm³/mol. The SMILES string of the molecule is COc1cccc(-c2nnn(-c3ccc(C(C)=O)cc3[N+](=O)[O-])n2)c1. The Morgan fingerprint density at radius 2 is 2.04 bits per heavy atom. The second kappa shape index (κ2) is 6.48. The highest BCUT2D eigenvalue weighted by Crippen LogP contribution is 2.25. The molecule has 0 N–H and O–H groups in total. The van der Waals surface area contributed by atoms with E-state index in [0.29, 0.717) is 17.1 Å². The van der Waals surface area contributed by atoms with Crippen molar-refractivity contribution in [2.45, 2.75) is 6.92 Å². The molecule has 0 aliphatic rings. The number of ether oxygens (including phenoxy) is 1. The Morgan fingerprint density at radius 3 is 2.72 bits per heavy atom. The number of methoxy groups -OCH3 is 1. The number of carbonyl (C=O) groups is 1. The molecule has 3 aromatic rings. The molecule has 0 saturated heterocycles. The van der Waals surface area contributed by atoms with Gasteiger partial charge in [0.1, 0.15) is 5.75 Å². The Hall–Kier alpha value is -3.62. The van der Waals surface area contributed by atoms with Crippen molar-refractivity contribution in [3.63, 3.8) is 0 Å². The van der Waals surface area contributed by atoms with Crippen LogP contribution in [0.5, 0.6) is 5.75 Å². The van der Waals surface area contributed by atoms with Gasteiger partial charge in [0, 0.05) is 17.2 Å². The van der Waals surface area contributed by atoms with Gasteiger partial charge in [0.25, 0.3) is 5.69 Å². The zero-order valence-electron chi connectivity index (χ0n) is 13.4. The number of nitro groups is 1. The first-order chi connectivity index (χ1) is 12.0. The van der Waals surface area contributed by atoms with Crippen molar-refractivity contribution >= 4 is 11.5 Å². The van der Waals surface area contributed by atoms with Crippen molar-refractivity contribution in [2.24, 2.45) is 0 Å². The molecule has 9 heteroatoms. The van der Waals surface area contributed by atoms with E-state index in [4.69, 9.17) is 4.74 Å². The molecule has 0 atom stereocenters. The van der Waals surface area contributed by atoms with Crippen molar-refractivity contribution in [3.8, 4) is 22.8 Å². The van der Waals surface area contributed by atoms with Crippen molar-refractivity contribution in [3.05, 3.63) is 58.1 Å². The quantitative estimate of drug-likeness (QED) is 0.398. The van der Waals surface area contributed by atoms with E-state index in [9.17, 15) is 14.9 Å². The summed E-state index contributed by atoms with van der Waals surface area (Å²) in [4.78, 5) is 23.2. The molecule has 0 radical (unpaired) electrons. The van der Waals surface area contributed by atoms with E-state index in [-0.39, 0.29) is 22.7 Å². The molecule has 9 nitrogen and oxygen atoms in total. The molecular weight excluding hydrogens is 326 g/mol. The highest BCUT2D eigenvalue weighted by Gasteiger charge is 2.20. The van der Waals surface area contributed by atoms with Gasteiger partial charge in [0.15, 0.2) is 11.5 Å². The third-order valence-corrected chi connectivity index (χ3v) is 3.54. The van der Waals surface area contributed by atoms with Crippen molar-refractivity contribution in [2.75, 3.05) is 7.11 Å². The summed E-state index contributed by atoms with van der Waals surface area (Å²) in [6.07, 6.45) is 0. The largest absolute Gasteiger partial charge is 0.497 e. The van der Waals surface area contributed by atoms with E-state index in [2.05, 4.69) is 15.4 Å². The molecule has 25 heavy (non-hydrogen) atoms. The van der Waals surface area contributed by atoms with Crippen LogP contribution in [0.25, 0.3) is 17.1 Å². The van der Waals surface area contributed by atoms with Gasteiger partial charge >= 0.3 is 0 Å². The van der Waals surface area contributed by atoms with E-state index < -0.39 is 4.92 Å². The van der Waals surface area contributed by atoms with Gasteiger partial charge in [-0.1, -0.05) is 12.1 Å². The number of rotatable bonds is 5. The molecule has 1 aromatic heterocycles. The summed E-state index contributed by atoms with van der Waals surface area (Å²) in [5.74, 6) is 0.660. The maximum absolute atomic E-state index is 11.4. The fourth-order valence-corrected chi connectivity index (χ4v) is 2.25. The van der Waals surface area contributed by atoms with Crippen LogP contribution >= 0.6 is 0 Å². The molecule has 2 aromatic carbocycles. The monoisotopic (exact) mass is 339 g/mol. The zero-order chi connectivity index (χ0) is 18.0. The van der Waals surface area contributed by atoms with Crippen LogP contribution < -0.4 is 4.74 Å². The zero-order valence-corrected chi connectivity index (χ0v) is 13.4. The Bertz CT molecular complexity index is 967. The molecule has 3 rings (SSSR count). The lowest BCUT2D eigenvalue weighted by molar-refractivity contribution is -0.384. The molecule has 126 valence electrons. The van der Waals surface area contributed by atoms with Crippen LogP contribution in [-0.2, 0) is 0 Å². The average Bonchev–Trinajstić information content (AvgIpc) is 3.11. The molecule has 0 fully saturated rings. The van der Waals surface area contributed by atoms with E-state index in [1.165, 1.54) is 25.1 Å². The first-order valence-corrected chi connectivity index (χ1v) is 7.24. The molecule has 1 heterocycles. The fraction of sp³-hybridized carbons (Fsp3) is 0.125. The van der Waals surface area contributed by atoms with E-state index in [1.807, 2.05) is 0 Å². The number of hydrogen-bond donors (Lipinski definition) is 0. The molecule has 0 bridgehead atoms. The number of aromatic nitrogens is 4. The van der Waals surface area contributed by atoms with Crippen LogP contribution in [-0.4, -0.2) is 38.0 Å². The Morgan fingerprint density at radius 1 is 1.24 bits per heavy atom. The summed E-state index contributed by atoms with van der Waals surface area (Å²) in [7, 11) is 1.54. The van der Waals surface area contributed by atoms with Crippen LogP contribution in [0.3, 0.4) is 0 Å². The lowest BCUT2D eigenvalue weighted by atomic mass is 10.1. The summed E-state index contributed by atoms with van der Waals surface area (Å²) >= 11 is 0. The van der Waals surface area contributed by atoms with Crippen LogP contribution in [0, 0.1) is 10.1 Å². The van der Waals surface area contributed by atoms with E-state index in [0.717, 1.165) is 4.80 Å². The van der Waals surface area contributed by atoms with Gasteiger partial charge in [-0.05, 0) is 36.4 Å². The predicted octanol–water partition coefficient (Wildman–Crippen LogP) is 2.45. The number of carbonyl (C=O) groups excluding carboxylic acids is 1. The number of Topliss-reactive ketones (excluding diaryl/α,β-unsaturated/α-hetero) is 1. The number of benzene rings is 2. The standard InChI is InChI=1S/C16H13N5O4/c1-10(22)11-6-7-14(15(9-11)21(23)24)20-18-16(17-19-20)12-4-3-5-13(8-12)25-2/h3-9H,1-2H3. The van der Waals surface area contributed by atoms with Gasteiger partial charge in [-0.2, -0.15) is 0 Å². The summed E-state index contributed by atoms with van der Waals surface area (Å²) in [6.45, 7) is 1.34. The maximum Gasteiger partial charge on any atom is 0.297 e. The summed E-state index contributed by atoms with van der Waals surface area (Å²) in [6, 6.07) is 11.2. The minimum atomic E-state index is -0.587. The van der Waals surface area contributed by atoms with E-state index in [1.54, 1.807) is 31.4 Å². The number of nitrogens with zero attached hydrogens (tertiary/aromatic N) is 5. The van der Waals surface area contributed by atoms with Crippen molar-refractivity contribution in [1.82, 2.24) is 20.2 Å². The summed E-state index contributed by atoms with van der Waals surface area (Å²) in [5.41, 5.74) is 0.746. The van der Waals surface area contributed by atoms with Gasteiger partial charge < -0.3 is 4.74 Å². The van der Waals surface area contributed by atoms with Gasteiger partial charge in [0.05, 0.1) is 12.0 Å². The minimum Gasteiger partial charge on any atom is -0.497 e. The Kier molecular flexibility index (Phi) is 4.21. The number of tetrazole rings is 1. The number of hydrogen-bond acceptors (Lipinski definition) is 7. The maximum atomic E-state index is 11.4. The third kappa shape index (κ3) is 3.20. The normalized spacial score (nSPS) is 10.5. The van der Waals surface area contributed by atoms with Gasteiger partial charge in [-0.3, -0.25) is 14.9 Å². The fourth-order valence-electron chi connectivity index (χ4n) is 2.25. The Balaban J connectivity index is 2.05. The van der Waals surface area contributed by atoms with E-state index >= 15 is 0 Å². The van der Waals surface area contributed by atoms with Crippen molar-refractivity contribution in [1.29, 1.82) is 0 Å². The van der Waals surface area contributed by atoms with Crippen LogP contribution in [0.2, 0.25) is 0 Å². The minimum absolute atomic E-state index is 0.122.